The molecule has 0 bridgehead atoms. The third-order valence-corrected chi connectivity index (χ3v) is 2.51. The lowest BCUT2D eigenvalue weighted by atomic mass is 10.2. The van der Waals surface area contributed by atoms with E-state index >= 15 is 0 Å². The molecule has 1 aromatic carbocycles. The van der Waals surface area contributed by atoms with Crippen molar-refractivity contribution < 1.29 is 9.63 Å². The molecule has 0 saturated heterocycles. The fourth-order valence-corrected chi connectivity index (χ4v) is 1.32. The number of nitrogen functional groups attached to an aromatic ring is 1. The fourth-order valence-electron chi connectivity index (χ4n) is 1.32. The zero-order chi connectivity index (χ0) is 12.4. The van der Waals surface area contributed by atoms with E-state index in [1.165, 1.54) is 6.07 Å². The molecular weight excluding hydrogens is 220 g/mol. The van der Waals surface area contributed by atoms with Crippen LogP contribution in [-0.2, 0) is 0 Å². The predicted octanol–water partition coefficient (Wildman–Crippen LogP) is 1.48. The minimum atomic E-state index is 0.0409. The fraction of sp³-hybridized carbons (Fsp3) is 0.273. The summed E-state index contributed by atoms with van der Waals surface area (Å²) in [5.41, 5.74) is 6.57. The lowest BCUT2D eigenvalue weighted by Crippen LogP contribution is -2.16. The molecule has 17 heavy (non-hydrogen) atoms. The third kappa shape index (κ3) is 2.15. The Morgan fingerprint density at radius 1 is 1.47 bits per heavy atom. The van der Waals surface area contributed by atoms with Gasteiger partial charge in [-0.3, -0.25) is 0 Å². The highest BCUT2D eigenvalue weighted by molar-refractivity contribution is 5.65. The van der Waals surface area contributed by atoms with E-state index in [-0.39, 0.29) is 11.4 Å². The molecule has 0 radical (unpaired) electrons. The van der Waals surface area contributed by atoms with Crippen molar-refractivity contribution in [3.8, 4) is 17.2 Å². The van der Waals surface area contributed by atoms with Gasteiger partial charge in [0.15, 0.2) is 0 Å². The number of phenolic OH excluding ortho intramolecular Hbond substituents is 1. The average molecular weight is 234 g/mol. The minimum Gasteiger partial charge on any atom is -0.506 e. The number of rotatable bonds is 3. The highest BCUT2D eigenvalue weighted by atomic mass is 16.5. The second-order valence-electron chi connectivity index (χ2n) is 3.69. The Balaban J connectivity index is 2.33. The monoisotopic (exact) mass is 234 g/mol. The van der Waals surface area contributed by atoms with Gasteiger partial charge in [-0.15, -0.1) is 0 Å². The second-order valence-corrected chi connectivity index (χ2v) is 3.69. The highest BCUT2D eigenvalue weighted by Gasteiger charge is 2.12. The van der Waals surface area contributed by atoms with Crippen LogP contribution >= 0.6 is 0 Å². The molecule has 6 nitrogen and oxygen atoms in total. The molecule has 0 spiro atoms. The quantitative estimate of drug-likeness (QED) is 0.617. The third-order valence-electron chi connectivity index (χ3n) is 2.51. The van der Waals surface area contributed by atoms with Gasteiger partial charge in [-0.2, -0.15) is 4.98 Å². The van der Waals surface area contributed by atoms with E-state index in [1.807, 2.05) is 18.9 Å². The number of nitrogens with two attached hydrogens (primary N) is 1. The van der Waals surface area contributed by atoms with Gasteiger partial charge >= 0.3 is 0 Å². The number of anilines is 2. The lowest BCUT2D eigenvalue weighted by Gasteiger charge is -2.08. The van der Waals surface area contributed by atoms with Gasteiger partial charge in [0.1, 0.15) is 5.75 Å². The van der Waals surface area contributed by atoms with Crippen LogP contribution in [-0.4, -0.2) is 28.8 Å². The van der Waals surface area contributed by atoms with Gasteiger partial charge in [0.05, 0.1) is 5.69 Å². The summed E-state index contributed by atoms with van der Waals surface area (Å²) in [6, 6.07) is 4.77. The average Bonchev–Trinajstić information content (AvgIpc) is 2.81. The molecule has 2 aromatic rings. The second kappa shape index (κ2) is 4.32. The summed E-state index contributed by atoms with van der Waals surface area (Å²) in [5, 5.41) is 13.2. The highest BCUT2D eigenvalue weighted by Crippen LogP contribution is 2.27. The Labute approximate surface area is 98.7 Å². The Morgan fingerprint density at radius 3 is 2.88 bits per heavy atom. The Kier molecular flexibility index (Phi) is 2.86. The van der Waals surface area contributed by atoms with Crippen LogP contribution in [0.1, 0.15) is 6.92 Å². The zero-order valence-electron chi connectivity index (χ0n) is 9.71. The molecule has 0 amide bonds. The number of nitrogens with zero attached hydrogens (tertiary/aromatic N) is 3. The molecule has 0 unspecified atom stereocenters. The molecule has 0 atom stereocenters. The normalized spacial score (nSPS) is 10.5. The van der Waals surface area contributed by atoms with Crippen LogP contribution in [0.3, 0.4) is 0 Å². The van der Waals surface area contributed by atoms with Crippen molar-refractivity contribution in [1.29, 1.82) is 0 Å². The van der Waals surface area contributed by atoms with E-state index in [1.54, 1.807) is 12.1 Å². The molecule has 0 aliphatic heterocycles. The maximum Gasteiger partial charge on any atom is 0.266 e. The van der Waals surface area contributed by atoms with E-state index in [2.05, 4.69) is 10.1 Å². The van der Waals surface area contributed by atoms with Crippen molar-refractivity contribution in [2.75, 3.05) is 24.2 Å². The summed E-state index contributed by atoms with van der Waals surface area (Å²) < 4.78 is 5.13. The summed E-state index contributed by atoms with van der Waals surface area (Å²) in [5.74, 6) is 0.945. The first-order chi connectivity index (χ1) is 8.11. The number of hydrogen-bond acceptors (Lipinski definition) is 6. The van der Waals surface area contributed by atoms with E-state index in [4.69, 9.17) is 10.3 Å². The van der Waals surface area contributed by atoms with Gasteiger partial charge in [0, 0.05) is 19.2 Å². The Bertz CT molecular complexity index is 524. The van der Waals surface area contributed by atoms with Crippen molar-refractivity contribution in [2.24, 2.45) is 0 Å². The minimum absolute atomic E-state index is 0.0409. The summed E-state index contributed by atoms with van der Waals surface area (Å²) >= 11 is 0. The first-order valence-electron chi connectivity index (χ1n) is 5.25. The first kappa shape index (κ1) is 11.3. The first-order valence-corrected chi connectivity index (χ1v) is 5.25. The molecule has 2 rings (SSSR count). The summed E-state index contributed by atoms with van der Waals surface area (Å²) in [4.78, 5) is 6.09. The van der Waals surface area contributed by atoms with Gasteiger partial charge in [-0.25, -0.2) is 0 Å². The number of aromatic nitrogens is 2. The predicted molar refractivity (Wildman–Crippen MR) is 64.8 cm³/mol. The summed E-state index contributed by atoms with van der Waals surface area (Å²) in [7, 11) is 1.87. The standard InChI is InChI=1S/C11H14N4O2/c1-3-15(2)11-13-10(17-14-11)7-4-5-9(16)8(12)6-7/h4-6,16H,3,12H2,1-2H3. The van der Waals surface area contributed by atoms with Crippen LogP contribution in [0.15, 0.2) is 22.7 Å². The van der Waals surface area contributed by atoms with Crippen LogP contribution in [0.25, 0.3) is 11.5 Å². The molecular formula is C11H14N4O2. The number of benzene rings is 1. The van der Waals surface area contributed by atoms with Crippen LogP contribution < -0.4 is 10.6 Å². The topological polar surface area (TPSA) is 88.4 Å². The van der Waals surface area contributed by atoms with Gasteiger partial charge in [-0.05, 0) is 30.3 Å². The van der Waals surface area contributed by atoms with E-state index in [0.717, 1.165) is 6.54 Å². The van der Waals surface area contributed by atoms with Crippen molar-refractivity contribution in [3.63, 3.8) is 0 Å². The summed E-state index contributed by atoms with van der Waals surface area (Å²) in [6.07, 6.45) is 0. The Hall–Kier alpha value is -2.24. The van der Waals surface area contributed by atoms with Gasteiger partial charge < -0.3 is 20.3 Å². The molecule has 0 aliphatic carbocycles. The molecule has 6 heteroatoms. The SMILES string of the molecule is CCN(C)c1noc(-c2ccc(O)c(N)c2)n1. The van der Waals surface area contributed by atoms with Crippen LogP contribution in [0, 0.1) is 0 Å². The lowest BCUT2D eigenvalue weighted by molar-refractivity contribution is 0.430. The molecule has 90 valence electrons. The van der Waals surface area contributed by atoms with Crippen LogP contribution in [0.5, 0.6) is 5.75 Å². The summed E-state index contributed by atoms with van der Waals surface area (Å²) in [6.45, 7) is 2.78. The number of phenols is 1. The van der Waals surface area contributed by atoms with Gasteiger partial charge in [0.25, 0.3) is 11.8 Å². The molecule has 0 saturated carbocycles. The van der Waals surface area contributed by atoms with E-state index in [0.29, 0.717) is 17.4 Å². The van der Waals surface area contributed by atoms with Crippen molar-refractivity contribution in [1.82, 2.24) is 10.1 Å². The van der Waals surface area contributed by atoms with Crippen LogP contribution in [0.4, 0.5) is 11.6 Å². The van der Waals surface area contributed by atoms with Crippen molar-refractivity contribution >= 4 is 11.6 Å². The van der Waals surface area contributed by atoms with Gasteiger partial charge in [0.2, 0.25) is 0 Å². The maximum atomic E-state index is 9.32. The zero-order valence-corrected chi connectivity index (χ0v) is 9.71. The van der Waals surface area contributed by atoms with Gasteiger partial charge in [-0.1, -0.05) is 0 Å². The molecule has 0 aliphatic rings. The molecule has 0 fully saturated rings. The smallest absolute Gasteiger partial charge is 0.266 e. The number of hydrogen-bond donors (Lipinski definition) is 2. The largest absolute Gasteiger partial charge is 0.506 e. The molecule has 1 aromatic heterocycles. The van der Waals surface area contributed by atoms with Crippen LogP contribution in [0.2, 0.25) is 0 Å². The van der Waals surface area contributed by atoms with E-state index < -0.39 is 0 Å². The number of aromatic hydroxyl groups is 1. The Morgan fingerprint density at radius 2 is 2.24 bits per heavy atom. The maximum absolute atomic E-state index is 9.32. The van der Waals surface area contributed by atoms with Crippen molar-refractivity contribution in [2.45, 2.75) is 6.92 Å². The van der Waals surface area contributed by atoms with Crippen molar-refractivity contribution in [3.05, 3.63) is 18.2 Å². The van der Waals surface area contributed by atoms with E-state index in [9.17, 15) is 5.11 Å². The molecule has 3 N–H and O–H groups in total. The molecule has 1 heterocycles.